The minimum absolute atomic E-state index is 0.0605. The molecule has 0 unspecified atom stereocenters. The molecule has 0 spiro atoms. The van der Waals surface area contributed by atoms with E-state index in [2.05, 4.69) is 0 Å². The molecule has 22 heavy (non-hydrogen) atoms. The van der Waals surface area contributed by atoms with Gasteiger partial charge in [-0.25, -0.2) is 0 Å². The zero-order chi connectivity index (χ0) is 15.3. The second-order valence-electron chi connectivity index (χ2n) is 7.69. The number of imide groups is 1. The van der Waals surface area contributed by atoms with Gasteiger partial charge in [-0.1, -0.05) is 18.2 Å². The summed E-state index contributed by atoms with van der Waals surface area (Å²) in [6, 6.07) is 9.41. The number of carbonyl (C=O) groups is 2. The molecule has 4 fully saturated rings. The van der Waals surface area contributed by atoms with Crippen LogP contribution in [-0.2, 0) is 9.59 Å². The van der Waals surface area contributed by atoms with E-state index in [1.54, 1.807) is 0 Å². The maximum Gasteiger partial charge on any atom is 0.239 e. The summed E-state index contributed by atoms with van der Waals surface area (Å²) in [7, 11) is 0. The van der Waals surface area contributed by atoms with E-state index in [9.17, 15) is 9.59 Å². The largest absolute Gasteiger partial charge is 0.274 e. The van der Waals surface area contributed by atoms with Gasteiger partial charge >= 0.3 is 0 Å². The Kier molecular flexibility index (Phi) is 3.14. The molecule has 1 aromatic rings. The molecule has 3 heteroatoms. The standard InChI is InChI=1S/C19H23NO2/c1-13(21)20(17-5-3-2-4-6-17)18(22)19-10-14-7-15(11-19)9-16(8-14)12-19/h2-6,14-16H,7-12H2,1H3. The molecule has 0 heterocycles. The summed E-state index contributed by atoms with van der Waals surface area (Å²) in [5.41, 5.74) is 0.451. The molecule has 2 amide bonds. The molecule has 0 aromatic heterocycles. The third kappa shape index (κ3) is 2.10. The fourth-order valence-electron chi connectivity index (χ4n) is 5.63. The van der Waals surface area contributed by atoms with Crippen molar-refractivity contribution in [3.05, 3.63) is 30.3 Å². The Balaban J connectivity index is 1.69. The van der Waals surface area contributed by atoms with Gasteiger partial charge in [0.15, 0.2) is 0 Å². The van der Waals surface area contributed by atoms with Crippen LogP contribution in [-0.4, -0.2) is 11.8 Å². The average molecular weight is 297 g/mol. The average Bonchev–Trinajstić information content (AvgIpc) is 2.46. The van der Waals surface area contributed by atoms with Crippen molar-refractivity contribution in [2.75, 3.05) is 4.90 Å². The predicted molar refractivity (Wildman–Crippen MR) is 85.2 cm³/mol. The fourth-order valence-corrected chi connectivity index (χ4v) is 5.63. The van der Waals surface area contributed by atoms with Crippen molar-refractivity contribution >= 4 is 17.5 Å². The van der Waals surface area contributed by atoms with Crippen molar-refractivity contribution < 1.29 is 9.59 Å². The zero-order valence-electron chi connectivity index (χ0n) is 13.1. The number of nitrogens with zero attached hydrogens (tertiary/aromatic N) is 1. The third-order valence-electron chi connectivity index (χ3n) is 6.02. The van der Waals surface area contributed by atoms with Crippen LogP contribution in [0, 0.1) is 23.2 Å². The second-order valence-corrected chi connectivity index (χ2v) is 7.69. The number of para-hydroxylation sites is 1. The van der Waals surface area contributed by atoms with Crippen molar-refractivity contribution in [3.8, 4) is 0 Å². The number of rotatable bonds is 2. The van der Waals surface area contributed by atoms with E-state index in [1.807, 2.05) is 30.3 Å². The van der Waals surface area contributed by atoms with Crippen LogP contribution in [0.4, 0.5) is 5.69 Å². The molecule has 5 rings (SSSR count). The molecule has 4 aliphatic carbocycles. The summed E-state index contributed by atoms with van der Waals surface area (Å²) < 4.78 is 0. The van der Waals surface area contributed by atoms with Gasteiger partial charge in [0.25, 0.3) is 0 Å². The van der Waals surface area contributed by atoms with Crippen LogP contribution < -0.4 is 4.90 Å². The smallest absolute Gasteiger partial charge is 0.239 e. The first kappa shape index (κ1) is 14.0. The summed E-state index contributed by atoms with van der Waals surface area (Å²) in [4.78, 5) is 27.0. The molecule has 0 N–H and O–H groups in total. The van der Waals surface area contributed by atoms with Gasteiger partial charge in [-0.15, -0.1) is 0 Å². The van der Waals surface area contributed by atoms with Gasteiger partial charge in [0.05, 0.1) is 11.1 Å². The van der Waals surface area contributed by atoms with E-state index >= 15 is 0 Å². The topological polar surface area (TPSA) is 37.4 Å². The van der Waals surface area contributed by atoms with Crippen LogP contribution in [0.3, 0.4) is 0 Å². The summed E-state index contributed by atoms with van der Waals surface area (Å²) >= 11 is 0. The lowest BCUT2D eigenvalue weighted by Crippen LogP contribution is -2.55. The number of carbonyl (C=O) groups excluding carboxylic acids is 2. The lowest BCUT2D eigenvalue weighted by molar-refractivity contribution is -0.145. The Morgan fingerprint density at radius 1 is 0.955 bits per heavy atom. The van der Waals surface area contributed by atoms with E-state index < -0.39 is 0 Å². The van der Waals surface area contributed by atoms with E-state index in [4.69, 9.17) is 0 Å². The molecule has 4 bridgehead atoms. The van der Waals surface area contributed by atoms with Gasteiger partial charge < -0.3 is 0 Å². The van der Waals surface area contributed by atoms with Crippen LogP contribution in [0.15, 0.2) is 30.3 Å². The molecule has 116 valence electrons. The molecule has 0 aliphatic heterocycles. The van der Waals surface area contributed by atoms with Crippen molar-refractivity contribution in [2.45, 2.75) is 45.4 Å². The van der Waals surface area contributed by atoms with Crippen LogP contribution in [0.25, 0.3) is 0 Å². The maximum absolute atomic E-state index is 13.3. The molecule has 4 aliphatic rings. The molecular weight excluding hydrogens is 274 g/mol. The van der Waals surface area contributed by atoms with Gasteiger partial charge in [-0.2, -0.15) is 0 Å². The highest BCUT2D eigenvalue weighted by atomic mass is 16.2. The summed E-state index contributed by atoms with van der Waals surface area (Å²) in [6.45, 7) is 1.51. The minimum atomic E-state index is -0.268. The van der Waals surface area contributed by atoms with Crippen LogP contribution in [0.5, 0.6) is 0 Å². The molecule has 1 aromatic carbocycles. The van der Waals surface area contributed by atoms with Crippen molar-refractivity contribution in [2.24, 2.45) is 23.2 Å². The molecule has 0 saturated heterocycles. The quantitative estimate of drug-likeness (QED) is 0.833. The van der Waals surface area contributed by atoms with E-state index in [0.29, 0.717) is 17.8 Å². The van der Waals surface area contributed by atoms with Gasteiger partial charge in [-0.05, 0) is 68.4 Å². The van der Waals surface area contributed by atoms with Crippen LogP contribution in [0.2, 0.25) is 0 Å². The third-order valence-corrected chi connectivity index (χ3v) is 6.02. The van der Waals surface area contributed by atoms with E-state index in [1.165, 1.54) is 31.1 Å². The molecule has 0 radical (unpaired) electrons. The first-order valence-corrected chi connectivity index (χ1v) is 8.47. The van der Waals surface area contributed by atoms with Gasteiger partial charge in [0, 0.05) is 6.92 Å². The molecule has 3 nitrogen and oxygen atoms in total. The maximum atomic E-state index is 13.3. The molecule has 0 atom stereocenters. The van der Waals surface area contributed by atoms with Gasteiger partial charge in [-0.3, -0.25) is 14.5 Å². The SMILES string of the molecule is CC(=O)N(C(=O)C12CC3CC(CC(C3)C1)C2)c1ccccc1. The Morgan fingerprint density at radius 3 is 1.91 bits per heavy atom. The Bertz CT molecular complexity index is 572. The van der Waals surface area contributed by atoms with Gasteiger partial charge in [0.2, 0.25) is 11.8 Å². The summed E-state index contributed by atoms with van der Waals surface area (Å²) in [5.74, 6) is 2.02. The number of hydrogen-bond donors (Lipinski definition) is 0. The molecule has 4 saturated carbocycles. The minimum Gasteiger partial charge on any atom is -0.274 e. The zero-order valence-corrected chi connectivity index (χ0v) is 13.1. The number of benzene rings is 1. The lowest BCUT2D eigenvalue weighted by atomic mass is 9.49. The van der Waals surface area contributed by atoms with E-state index in [-0.39, 0.29) is 17.2 Å². The van der Waals surface area contributed by atoms with Crippen LogP contribution >= 0.6 is 0 Å². The Morgan fingerprint density at radius 2 is 1.45 bits per heavy atom. The second kappa shape index (κ2) is 4.94. The predicted octanol–water partition coefficient (Wildman–Crippen LogP) is 3.78. The van der Waals surface area contributed by atoms with Crippen molar-refractivity contribution in [3.63, 3.8) is 0 Å². The fraction of sp³-hybridized carbons (Fsp3) is 0.579. The first-order chi connectivity index (χ1) is 10.6. The normalized spacial score (nSPS) is 35.4. The highest BCUT2D eigenvalue weighted by Crippen LogP contribution is 2.60. The monoisotopic (exact) mass is 297 g/mol. The highest BCUT2D eigenvalue weighted by molar-refractivity contribution is 6.16. The highest BCUT2D eigenvalue weighted by Gasteiger charge is 2.56. The van der Waals surface area contributed by atoms with E-state index in [0.717, 1.165) is 24.9 Å². The number of amides is 2. The van der Waals surface area contributed by atoms with Crippen LogP contribution in [0.1, 0.15) is 45.4 Å². The van der Waals surface area contributed by atoms with Gasteiger partial charge in [0.1, 0.15) is 0 Å². The van der Waals surface area contributed by atoms with Crippen molar-refractivity contribution in [1.29, 1.82) is 0 Å². The lowest BCUT2D eigenvalue weighted by Gasteiger charge is -2.56. The van der Waals surface area contributed by atoms with Crippen molar-refractivity contribution in [1.82, 2.24) is 0 Å². The number of anilines is 1. The molecular formula is C19H23NO2. The first-order valence-electron chi connectivity index (χ1n) is 8.47. The summed E-state index contributed by atoms with van der Waals surface area (Å²) in [5, 5.41) is 0. The Labute approximate surface area is 131 Å². The Hall–Kier alpha value is -1.64. The number of hydrogen-bond acceptors (Lipinski definition) is 2. The summed E-state index contributed by atoms with van der Waals surface area (Å²) in [6.07, 6.45) is 6.89.